The molecule has 2 aromatic carbocycles. The van der Waals surface area contributed by atoms with E-state index in [1.165, 1.54) is 23.9 Å². The van der Waals surface area contributed by atoms with Gasteiger partial charge in [0.05, 0.1) is 11.6 Å². The standard InChI is InChI=1S/C14H10BrFN2S/c15-11-2-4-13(18)14(6-11)19-8-10-5-9(7-17)1-3-12(10)16/h1-6H,8,18H2. The molecule has 0 aromatic heterocycles. The zero-order valence-corrected chi connectivity index (χ0v) is 12.3. The molecule has 0 unspecified atom stereocenters. The number of hydrogen-bond donors (Lipinski definition) is 1. The van der Waals surface area contributed by atoms with Crippen LogP contribution in [0.2, 0.25) is 0 Å². The Morgan fingerprint density at radius 2 is 2.05 bits per heavy atom. The number of halogens is 2. The second-order valence-corrected chi connectivity index (χ2v) is 5.82. The largest absolute Gasteiger partial charge is 0.398 e. The number of hydrogen-bond acceptors (Lipinski definition) is 3. The van der Waals surface area contributed by atoms with E-state index >= 15 is 0 Å². The summed E-state index contributed by atoms with van der Waals surface area (Å²) in [6, 6.07) is 11.9. The maximum Gasteiger partial charge on any atom is 0.127 e. The van der Waals surface area contributed by atoms with E-state index in [-0.39, 0.29) is 5.82 Å². The molecule has 0 heterocycles. The minimum Gasteiger partial charge on any atom is -0.398 e. The molecule has 2 N–H and O–H groups in total. The quantitative estimate of drug-likeness (QED) is 0.670. The average Bonchev–Trinajstić information content (AvgIpc) is 2.41. The second kappa shape index (κ2) is 6.09. The van der Waals surface area contributed by atoms with Crippen molar-refractivity contribution in [3.05, 3.63) is 57.8 Å². The maximum absolute atomic E-state index is 13.6. The molecule has 5 heteroatoms. The molecular weight excluding hydrogens is 327 g/mol. The molecular formula is C14H10BrFN2S. The summed E-state index contributed by atoms with van der Waals surface area (Å²) in [4.78, 5) is 0.885. The van der Waals surface area contributed by atoms with Gasteiger partial charge in [0, 0.05) is 20.8 Å². The first-order valence-corrected chi connectivity index (χ1v) is 7.24. The zero-order chi connectivity index (χ0) is 13.8. The lowest BCUT2D eigenvalue weighted by Gasteiger charge is -2.07. The topological polar surface area (TPSA) is 49.8 Å². The van der Waals surface area contributed by atoms with Crippen LogP contribution in [-0.4, -0.2) is 0 Å². The van der Waals surface area contributed by atoms with Gasteiger partial charge in [0.1, 0.15) is 5.82 Å². The molecule has 0 saturated heterocycles. The Balaban J connectivity index is 2.19. The lowest BCUT2D eigenvalue weighted by Crippen LogP contribution is -1.92. The molecule has 19 heavy (non-hydrogen) atoms. The molecule has 0 atom stereocenters. The van der Waals surface area contributed by atoms with E-state index in [9.17, 15) is 4.39 Å². The second-order valence-electron chi connectivity index (χ2n) is 3.89. The smallest absolute Gasteiger partial charge is 0.127 e. The fourth-order valence-corrected chi connectivity index (χ4v) is 3.03. The Bertz CT molecular complexity index is 652. The summed E-state index contributed by atoms with van der Waals surface area (Å²) in [5.74, 6) is 0.127. The monoisotopic (exact) mass is 336 g/mol. The molecule has 0 amide bonds. The van der Waals surface area contributed by atoms with Gasteiger partial charge in [-0.25, -0.2) is 4.39 Å². The molecule has 2 aromatic rings. The minimum absolute atomic E-state index is 0.305. The summed E-state index contributed by atoms with van der Waals surface area (Å²) in [7, 11) is 0. The summed E-state index contributed by atoms with van der Waals surface area (Å²) in [6.07, 6.45) is 0. The average molecular weight is 337 g/mol. The number of nitrogens with zero attached hydrogens (tertiary/aromatic N) is 1. The first-order valence-electron chi connectivity index (χ1n) is 5.46. The lowest BCUT2D eigenvalue weighted by atomic mass is 10.1. The van der Waals surface area contributed by atoms with Crippen LogP contribution in [0.3, 0.4) is 0 Å². The number of rotatable bonds is 3. The predicted octanol–water partition coefficient (Wildman–Crippen LogP) is 4.33. The molecule has 0 radical (unpaired) electrons. The van der Waals surface area contributed by atoms with Crippen LogP contribution in [-0.2, 0) is 5.75 Å². The third-order valence-corrected chi connectivity index (χ3v) is 4.15. The van der Waals surface area contributed by atoms with E-state index in [4.69, 9.17) is 11.0 Å². The first kappa shape index (κ1) is 13.9. The summed E-state index contributed by atoms with van der Waals surface area (Å²) < 4.78 is 14.6. The summed E-state index contributed by atoms with van der Waals surface area (Å²) in [5.41, 5.74) is 7.48. The SMILES string of the molecule is N#Cc1ccc(F)c(CSc2cc(Br)ccc2N)c1. The normalized spacial score (nSPS) is 10.2. The van der Waals surface area contributed by atoms with Gasteiger partial charge in [-0.05, 0) is 42.0 Å². The third-order valence-electron chi connectivity index (χ3n) is 2.53. The van der Waals surface area contributed by atoms with Crippen LogP contribution in [0.1, 0.15) is 11.1 Å². The molecule has 96 valence electrons. The first-order chi connectivity index (χ1) is 9.10. The number of nitrogens with two attached hydrogens (primary N) is 1. The fraction of sp³-hybridized carbons (Fsp3) is 0.0714. The van der Waals surface area contributed by atoms with Crippen LogP contribution in [0, 0.1) is 17.1 Å². The Morgan fingerprint density at radius 3 is 2.79 bits per heavy atom. The van der Waals surface area contributed by atoms with E-state index in [1.54, 1.807) is 12.1 Å². The van der Waals surface area contributed by atoms with Crippen LogP contribution in [0.25, 0.3) is 0 Å². The van der Waals surface area contributed by atoms with Crippen LogP contribution in [0.15, 0.2) is 45.8 Å². The summed E-state index contributed by atoms with van der Waals surface area (Å²) in [6.45, 7) is 0. The van der Waals surface area contributed by atoms with Crippen molar-refractivity contribution >= 4 is 33.4 Å². The molecule has 0 saturated carbocycles. The molecule has 0 aliphatic heterocycles. The maximum atomic E-state index is 13.6. The Hall–Kier alpha value is -1.51. The van der Waals surface area contributed by atoms with Crippen molar-refractivity contribution < 1.29 is 4.39 Å². The zero-order valence-electron chi connectivity index (χ0n) is 9.86. The van der Waals surface area contributed by atoms with Crippen molar-refractivity contribution in [1.82, 2.24) is 0 Å². The van der Waals surface area contributed by atoms with E-state index in [1.807, 2.05) is 18.2 Å². The highest BCUT2D eigenvalue weighted by Gasteiger charge is 2.07. The summed E-state index contributed by atoms with van der Waals surface area (Å²) >= 11 is 4.82. The number of anilines is 1. The number of nitrogen functional groups attached to an aromatic ring is 1. The highest BCUT2D eigenvalue weighted by atomic mass is 79.9. The Kier molecular flexibility index (Phi) is 4.46. The van der Waals surface area contributed by atoms with Crippen molar-refractivity contribution in [2.45, 2.75) is 10.6 Å². The van der Waals surface area contributed by atoms with E-state index < -0.39 is 0 Å². The number of nitriles is 1. The fourth-order valence-electron chi connectivity index (χ4n) is 1.54. The molecule has 0 aliphatic carbocycles. The molecule has 0 aliphatic rings. The van der Waals surface area contributed by atoms with Crippen molar-refractivity contribution in [3.8, 4) is 6.07 Å². The number of benzene rings is 2. The molecule has 2 nitrogen and oxygen atoms in total. The van der Waals surface area contributed by atoms with Gasteiger partial charge in [-0.1, -0.05) is 15.9 Å². The molecule has 0 bridgehead atoms. The summed E-state index contributed by atoms with van der Waals surface area (Å²) in [5, 5.41) is 8.81. The van der Waals surface area contributed by atoms with Crippen molar-refractivity contribution in [2.24, 2.45) is 0 Å². The van der Waals surface area contributed by atoms with Gasteiger partial charge in [0.2, 0.25) is 0 Å². The van der Waals surface area contributed by atoms with Crippen molar-refractivity contribution in [3.63, 3.8) is 0 Å². The van der Waals surface area contributed by atoms with Gasteiger partial charge in [0.25, 0.3) is 0 Å². The van der Waals surface area contributed by atoms with Gasteiger partial charge in [-0.15, -0.1) is 11.8 Å². The molecule has 0 spiro atoms. The van der Waals surface area contributed by atoms with Crippen LogP contribution in [0.5, 0.6) is 0 Å². The Morgan fingerprint density at radius 1 is 1.26 bits per heavy atom. The van der Waals surface area contributed by atoms with Gasteiger partial charge < -0.3 is 5.73 Å². The van der Waals surface area contributed by atoms with E-state index in [2.05, 4.69) is 15.9 Å². The molecule has 2 rings (SSSR count). The van der Waals surface area contributed by atoms with E-state index in [0.717, 1.165) is 9.37 Å². The van der Waals surface area contributed by atoms with Crippen molar-refractivity contribution in [1.29, 1.82) is 5.26 Å². The van der Waals surface area contributed by atoms with Gasteiger partial charge in [-0.2, -0.15) is 5.26 Å². The Labute approximate surface area is 123 Å². The van der Waals surface area contributed by atoms with Gasteiger partial charge in [-0.3, -0.25) is 0 Å². The van der Waals surface area contributed by atoms with Crippen LogP contribution < -0.4 is 5.73 Å². The third kappa shape index (κ3) is 3.49. The van der Waals surface area contributed by atoms with Crippen molar-refractivity contribution in [2.75, 3.05) is 5.73 Å². The highest BCUT2D eigenvalue weighted by molar-refractivity contribution is 9.10. The van der Waals surface area contributed by atoms with E-state index in [0.29, 0.717) is 22.6 Å². The minimum atomic E-state index is -0.305. The van der Waals surface area contributed by atoms with Crippen LogP contribution in [0.4, 0.5) is 10.1 Å². The van der Waals surface area contributed by atoms with Gasteiger partial charge in [0.15, 0.2) is 0 Å². The predicted molar refractivity (Wildman–Crippen MR) is 79.2 cm³/mol. The lowest BCUT2D eigenvalue weighted by molar-refractivity contribution is 0.617. The van der Waals surface area contributed by atoms with Gasteiger partial charge >= 0.3 is 0 Å². The van der Waals surface area contributed by atoms with Crippen LogP contribution >= 0.6 is 27.7 Å². The number of thioether (sulfide) groups is 1. The highest BCUT2D eigenvalue weighted by Crippen LogP contribution is 2.31. The molecule has 0 fully saturated rings.